The molecule has 0 saturated heterocycles. The molecule has 0 radical (unpaired) electrons. The summed E-state index contributed by atoms with van der Waals surface area (Å²) in [4.78, 5) is 10.5. The van der Waals surface area contributed by atoms with Crippen LogP contribution in [-0.2, 0) is 5.75 Å². The van der Waals surface area contributed by atoms with Gasteiger partial charge >= 0.3 is 0 Å². The number of anilines is 1. The molecule has 0 atom stereocenters. The molecule has 0 fully saturated rings. The molecule has 0 spiro atoms. The molecule has 2 aromatic carbocycles. The molecular formula is C14H12N2O2S2. The molecule has 2 aromatic rings. The second-order valence-corrected chi connectivity index (χ2v) is 5.61. The molecule has 0 amide bonds. The molecule has 0 aliphatic rings. The molecule has 6 heteroatoms. The van der Waals surface area contributed by atoms with E-state index in [0.29, 0.717) is 10.0 Å². The van der Waals surface area contributed by atoms with Gasteiger partial charge in [0.25, 0.3) is 5.69 Å². The molecular weight excluding hydrogens is 292 g/mol. The van der Waals surface area contributed by atoms with E-state index >= 15 is 0 Å². The van der Waals surface area contributed by atoms with Crippen molar-refractivity contribution in [2.75, 3.05) is 5.32 Å². The molecule has 0 aliphatic heterocycles. The number of nitro groups is 1. The Balaban J connectivity index is 1.97. The smallest absolute Gasteiger partial charge is 0.292 e. The van der Waals surface area contributed by atoms with E-state index < -0.39 is 4.92 Å². The second kappa shape index (κ2) is 7.02. The average molecular weight is 304 g/mol. The first-order valence-electron chi connectivity index (χ1n) is 5.88. The van der Waals surface area contributed by atoms with Crippen LogP contribution < -0.4 is 5.32 Å². The number of thiocarbonyl (C=S) groups is 1. The maximum atomic E-state index is 10.9. The largest absolute Gasteiger partial charge is 0.336 e. The molecule has 0 aromatic heterocycles. The zero-order valence-corrected chi connectivity index (χ0v) is 12.1. The molecule has 1 N–H and O–H groups in total. The number of hydrogen-bond donors (Lipinski definition) is 1. The molecule has 20 heavy (non-hydrogen) atoms. The van der Waals surface area contributed by atoms with Crippen LogP contribution in [-0.4, -0.2) is 9.24 Å². The zero-order valence-electron chi connectivity index (χ0n) is 10.5. The van der Waals surface area contributed by atoms with Gasteiger partial charge in [0, 0.05) is 11.8 Å². The Labute approximate surface area is 126 Å². The Hall–Kier alpha value is -1.92. The Morgan fingerprint density at radius 3 is 2.50 bits per heavy atom. The molecule has 0 unspecified atom stereocenters. The third-order valence-electron chi connectivity index (χ3n) is 2.55. The van der Waals surface area contributed by atoms with Gasteiger partial charge in [0.1, 0.15) is 10.0 Å². The maximum absolute atomic E-state index is 10.9. The van der Waals surface area contributed by atoms with Crippen molar-refractivity contribution in [3.8, 4) is 0 Å². The predicted molar refractivity (Wildman–Crippen MR) is 87.1 cm³/mol. The lowest BCUT2D eigenvalue weighted by molar-refractivity contribution is -0.383. The zero-order chi connectivity index (χ0) is 14.4. The number of hydrogen-bond acceptors (Lipinski definition) is 4. The van der Waals surface area contributed by atoms with Crippen LogP contribution >= 0.6 is 24.0 Å². The normalized spacial score (nSPS) is 10.0. The summed E-state index contributed by atoms with van der Waals surface area (Å²) in [5.41, 5.74) is 1.60. The molecule has 2 rings (SSSR count). The number of nitrogens with zero attached hydrogens (tertiary/aromatic N) is 1. The minimum Gasteiger partial charge on any atom is -0.336 e. The van der Waals surface area contributed by atoms with Crippen LogP contribution in [0.1, 0.15) is 5.56 Å². The Morgan fingerprint density at radius 2 is 1.80 bits per heavy atom. The lowest BCUT2D eigenvalue weighted by Crippen LogP contribution is -2.07. The van der Waals surface area contributed by atoms with Gasteiger partial charge in [0.05, 0.1) is 4.92 Å². The van der Waals surface area contributed by atoms with E-state index in [2.05, 4.69) is 5.32 Å². The minimum atomic E-state index is -0.424. The van der Waals surface area contributed by atoms with Crippen LogP contribution in [0.4, 0.5) is 11.4 Å². The highest BCUT2D eigenvalue weighted by Gasteiger charge is 2.13. The van der Waals surface area contributed by atoms with Crippen molar-refractivity contribution in [3.63, 3.8) is 0 Å². The molecule has 0 aliphatic carbocycles. The van der Waals surface area contributed by atoms with Crippen LogP contribution in [0, 0.1) is 10.1 Å². The molecule has 0 heterocycles. The van der Waals surface area contributed by atoms with Crippen LogP contribution in [0.3, 0.4) is 0 Å². The first kappa shape index (κ1) is 14.5. The van der Waals surface area contributed by atoms with Gasteiger partial charge in [-0.05, 0) is 11.6 Å². The van der Waals surface area contributed by atoms with E-state index in [1.807, 2.05) is 30.3 Å². The van der Waals surface area contributed by atoms with Crippen LogP contribution in [0.5, 0.6) is 0 Å². The number of nitrogens with one attached hydrogen (secondary N) is 1. The highest BCUT2D eigenvalue weighted by molar-refractivity contribution is 8.22. The second-order valence-electron chi connectivity index (χ2n) is 3.96. The van der Waals surface area contributed by atoms with Gasteiger partial charge in [0.2, 0.25) is 0 Å². The maximum Gasteiger partial charge on any atom is 0.292 e. The fourth-order valence-electron chi connectivity index (χ4n) is 1.61. The predicted octanol–water partition coefficient (Wildman–Crippen LogP) is 4.23. The van der Waals surface area contributed by atoms with Crippen LogP contribution in [0.2, 0.25) is 0 Å². The fraction of sp³-hybridized carbons (Fsp3) is 0.0714. The van der Waals surface area contributed by atoms with Gasteiger partial charge in [0.15, 0.2) is 0 Å². The van der Waals surface area contributed by atoms with E-state index in [-0.39, 0.29) is 5.69 Å². The number of benzene rings is 2. The van der Waals surface area contributed by atoms with Crippen molar-refractivity contribution in [1.82, 2.24) is 0 Å². The van der Waals surface area contributed by atoms with Gasteiger partial charge < -0.3 is 5.32 Å². The number of rotatable bonds is 4. The van der Waals surface area contributed by atoms with E-state index in [0.717, 1.165) is 11.3 Å². The molecule has 0 bridgehead atoms. The quantitative estimate of drug-likeness (QED) is 0.520. The summed E-state index contributed by atoms with van der Waals surface area (Å²) >= 11 is 6.65. The average Bonchev–Trinajstić information content (AvgIpc) is 2.46. The Bertz CT molecular complexity index is 618. The monoisotopic (exact) mass is 304 g/mol. The molecule has 4 nitrogen and oxygen atoms in total. The first-order chi connectivity index (χ1) is 9.66. The number of thioether (sulfide) groups is 1. The van der Waals surface area contributed by atoms with Crippen molar-refractivity contribution in [1.29, 1.82) is 0 Å². The van der Waals surface area contributed by atoms with Crippen molar-refractivity contribution in [3.05, 3.63) is 70.3 Å². The summed E-state index contributed by atoms with van der Waals surface area (Å²) in [6, 6.07) is 16.4. The molecule has 0 saturated carbocycles. The molecule has 102 valence electrons. The summed E-state index contributed by atoms with van der Waals surface area (Å²) in [5, 5.41) is 13.8. The third-order valence-corrected chi connectivity index (χ3v) is 3.85. The van der Waals surface area contributed by atoms with Gasteiger partial charge in [-0.1, -0.05) is 66.4 Å². The lowest BCUT2D eigenvalue weighted by atomic mass is 10.2. The van der Waals surface area contributed by atoms with Gasteiger partial charge in [-0.15, -0.1) is 0 Å². The van der Waals surface area contributed by atoms with Gasteiger partial charge in [-0.2, -0.15) is 0 Å². The summed E-state index contributed by atoms with van der Waals surface area (Å²) in [7, 11) is 0. The van der Waals surface area contributed by atoms with Gasteiger partial charge in [-0.3, -0.25) is 10.1 Å². The lowest BCUT2D eigenvalue weighted by Gasteiger charge is -2.07. The standard InChI is InChI=1S/C14H12N2O2S2/c17-16(18)13-9-5-4-8-12(13)15-14(19)20-10-11-6-2-1-3-7-11/h1-9H,10H2,(H,15,19). The van der Waals surface area contributed by atoms with Crippen LogP contribution in [0.25, 0.3) is 0 Å². The SMILES string of the molecule is O=[N+]([O-])c1ccccc1NC(=S)SCc1ccccc1. The van der Waals surface area contributed by atoms with E-state index in [1.165, 1.54) is 17.8 Å². The Morgan fingerprint density at radius 1 is 1.15 bits per heavy atom. The van der Waals surface area contributed by atoms with Crippen molar-refractivity contribution >= 4 is 39.7 Å². The number of nitro benzene ring substituents is 1. The topological polar surface area (TPSA) is 55.2 Å². The van der Waals surface area contributed by atoms with Gasteiger partial charge in [-0.25, -0.2) is 0 Å². The van der Waals surface area contributed by atoms with Crippen molar-refractivity contribution in [2.45, 2.75) is 5.75 Å². The summed E-state index contributed by atoms with van der Waals surface area (Å²) in [6.07, 6.45) is 0. The highest BCUT2D eigenvalue weighted by atomic mass is 32.2. The third kappa shape index (κ3) is 4.04. The van der Waals surface area contributed by atoms with Crippen molar-refractivity contribution in [2.24, 2.45) is 0 Å². The fourth-order valence-corrected chi connectivity index (χ4v) is 2.57. The number of para-hydroxylation sites is 2. The van der Waals surface area contributed by atoms with E-state index in [1.54, 1.807) is 18.2 Å². The van der Waals surface area contributed by atoms with E-state index in [9.17, 15) is 10.1 Å². The van der Waals surface area contributed by atoms with E-state index in [4.69, 9.17) is 12.2 Å². The summed E-state index contributed by atoms with van der Waals surface area (Å²) in [5.74, 6) is 0.729. The van der Waals surface area contributed by atoms with Crippen LogP contribution in [0.15, 0.2) is 54.6 Å². The summed E-state index contributed by atoms with van der Waals surface area (Å²) in [6.45, 7) is 0. The van der Waals surface area contributed by atoms with Crippen molar-refractivity contribution < 1.29 is 4.92 Å². The Kier molecular flexibility index (Phi) is 5.09. The summed E-state index contributed by atoms with van der Waals surface area (Å²) < 4.78 is 0.517. The first-order valence-corrected chi connectivity index (χ1v) is 7.27. The minimum absolute atomic E-state index is 0.0233. The highest BCUT2D eigenvalue weighted by Crippen LogP contribution is 2.25.